The van der Waals surface area contributed by atoms with Gasteiger partial charge in [0.05, 0.1) is 5.69 Å². The Morgan fingerprint density at radius 2 is 2.05 bits per heavy atom. The highest BCUT2D eigenvalue weighted by molar-refractivity contribution is 7.09. The summed E-state index contributed by atoms with van der Waals surface area (Å²) in [5.41, 5.74) is 1.36. The summed E-state index contributed by atoms with van der Waals surface area (Å²) in [5, 5.41) is 6.87. The first kappa shape index (κ1) is 16.6. The Morgan fingerprint density at radius 1 is 1.37 bits per heavy atom. The monoisotopic (exact) mass is 283 g/mol. The zero-order chi connectivity index (χ0) is 14.5. The van der Waals surface area contributed by atoms with Gasteiger partial charge in [-0.1, -0.05) is 13.8 Å². The van der Waals surface area contributed by atoms with Gasteiger partial charge in [-0.25, -0.2) is 4.98 Å². The summed E-state index contributed by atoms with van der Waals surface area (Å²) in [6.07, 6.45) is 1.19. The van der Waals surface area contributed by atoms with Crippen LogP contribution >= 0.6 is 11.3 Å². The number of hydrogen-bond donors (Lipinski definition) is 1. The lowest BCUT2D eigenvalue weighted by atomic mass is 10.1. The Bertz CT molecular complexity index is 368. The molecule has 110 valence electrons. The number of hydrogen-bond acceptors (Lipinski definition) is 4. The second kappa shape index (κ2) is 7.36. The van der Waals surface area contributed by atoms with Gasteiger partial charge in [0.2, 0.25) is 0 Å². The van der Waals surface area contributed by atoms with Crippen LogP contribution in [-0.2, 0) is 13.1 Å². The predicted molar refractivity (Wildman–Crippen MR) is 84.5 cm³/mol. The molecule has 0 saturated heterocycles. The van der Waals surface area contributed by atoms with E-state index >= 15 is 0 Å². The number of rotatable bonds is 7. The lowest BCUT2D eigenvalue weighted by molar-refractivity contribution is 0.204. The molecule has 1 aromatic heterocycles. The van der Waals surface area contributed by atoms with Crippen LogP contribution in [-0.4, -0.2) is 28.0 Å². The van der Waals surface area contributed by atoms with Crippen molar-refractivity contribution in [2.24, 2.45) is 0 Å². The van der Waals surface area contributed by atoms with E-state index in [0.29, 0.717) is 6.04 Å². The second-order valence-corrected chi connectivity index (χ2v) is 7.10. The average Bonchev–Trinajstić information content (AvgIpc) is 2.79. The Morgan fingerprint density at radius 3 is 2.58 bits per heavy atom. The number of nitrogens with one attached hydrogen (secondary N) is 1. The number of thiazole rings is 1. The van der Waals surface area contributed by atoms with Crippen molar-refractivity contribution >= 4 is 11.3 Å². The van der Waals surface area contributed by atoms with E-state index in [1.165, 1.54) is 17.1 Å². The fourth-order valence-corrected chi connectivity index (χ4v) is 2.61. The Balaban J connectivity index is 2.54. The predicted octanol–water partition coefficient (Wildman–Crippen LogP) is 3.65. The second-order valence-electron chi connectivity index (χ2n) is 6.16. The number of nitrogens with zero attached hydrogens (tertiary/aromatic N) is 2. The lowest BCUT2D eigenvalue weighted by Gasteiger charge is -2.25. The van der Waals surface area contributed by atoms with E-state index in [-0.39, 0.29) is 5.54 Å². The molecule has 1 N–H and O–H groups in total. The summed E-state index contributed by atoms with van der Waals surface area (Å²) >= 11 is 1.76. The Hall–Kier alpha value is -0.450. The van der Waals surface area contributed by atoms with Crippen molar-refractivity contribution in [3.63, 3.8) is 0 Å². The van der Waals surface area contributed by atoms with Crippen LogP contribution in [0.25, 0.3) is 0 Å². The molecule has 4 heteroatoms. The quantitative estimate of drug-likeness (QED) is 0.828. The van der Waals surface area contributed by atoms with Crippen LogP contribution in [0, 0.1) is 0 Å². The standard InChI is InChI=1S/C15H29N3S/c1-7-12(3)18(8-2)10-13-11-19-14(17-13)9-16-15(4,5)6/h11-12,16H,7-10H2,1-6H3. The maximum absolute atomic E-state index is 4.73. The molecule has 1 rings (SSSR count). The minimum atomic E-state index is 0.151. The van der Waals surface area contributed by atoms with Gasteiger partial charge in [0.25, 0.3) is 0 Å². The van der Waals surface area contributed by atoms with E-state index in [4.69, 9.17) is 4.98 Å². The summed E-state index contributed by atoms with van der Waals surface area (Å²) in [5.74, 6) is 0. The molecule has 0 aromatic carbocycles. The molecule has 1 atom stereocenters. The molecule has 0 aliphatic carbocycles. The van der Waals surface area contributed by atoms with Gasteiger partial charge >= 0.3 is 0 Å². The van der Waals surface area contributed by atoms with Crippen LogP contribution in [0.4, 0.5) is 0 Å². The SMILES string of the molecule is CCC(C)N(CC)Cc1csc(CNC(C)(C)C)n1. The molecule has 0 saturated carbocycles. The molecule has 0 spiro atoms. The maximum Gasteiger partial charge on any atom is 0.107 e. The molecule has 19 heavy (non-hydrogen) atoms. The van der Waals surface area contributed by atoms with Crippen molar-refractivity contribution in [1.29, 1.82) is 0 Å². The van der Waals surface area contributed by atoms with Crippen molar-refractivity contribution in [1.82, 2.24) is 15.2 Å². The highest BCUT2D eigenvalue weighted by Crippen LogP contribution is 2.15. The van der Waals surface area contributed by atoms with E-state index in [0.717, 1.165) is 19.6 Å². The first-order valence-electron chi connectivity index (χ1n) is 7.28. The largest absolute Gasteiger partial charge is 0.306 e. The first-order valence-corrected chi connectivity index (χ1v) is 8.16. The fraction of sp³-hybridized carbons (Fsp3) is 0.800. The topological polar surface area (TPSA) is 28.2 Å². The molecule has 0 aliphatic heterocycles. The molecule has 0 amide bonds. The van der Waals surface area contributed by atoms with Crippen molar-refractivity contribution in [3.05, 3.63) is 16.1 Å². The lowest BCUT2D eigenvalue weighted by Crippen LogP contribution is -2.35. The molecular weight excluding hydrogens is 254 g/mol. The number of aromatic nitrogens is 1. The van der Waals surface area contributed by atoms with Gasteiger partial charge in [0.1, 0.15) is 5.01 Å². The summed E-state index contributed by atoms with van der Waals surface area (Å²) in [6, 6.07) is 0.628. The van der Waals surface area contributed by atoms with Gasteiger partial charge in [0, 0.05) is 30.1 Å². The van der Waals surface area contributed by atoms with Crippen molar-refractivity contribution in [3.8, 4) is 0 Å². The van der Waals surface area contributed by atoms with Gasteiger partial charge in [-0.05, 0) is 40.7 Å². The van der Waals surface area contributed by atoms with Crippen LogP contribution in [0.1, 0.15) is 58.7 Å². The van der Waals surface area contributed by atoms with E-state index < -0.39 is 0 Å². The van der Waals surface area contributed by atoms with Crippen molar-refractivity contribution in [2.45, 2.75) is 72.6 Å². The normalized spacial score (nSPS) is 14.1. The van der Waals surface area contributed by atoms with Crippen molar-refractivity contribution in [2.75, 3.05) is 6.54 Å². The van der Waals surface area contributed by atoms with Crippen molar-refractivity contribution < 1.29 is 0 Å². The molecule has 1 unspecified atom stereocenters. The summed E-state index contributed by atoms with van der Waals surface area (Å²) in [4.78, 5) is 7.21. The van der Waals surface area contributed by atoms with Crippen LogP contribution in [0.5, 0.6) is 0 Å². The van der Waals surface area contributed by atoms with Gasteiger partial charge in [-0.15, -0.1) is 11.3 Å². The molecule has 0 bridgehead atoms. The van der Waals surface area contributed by atoms with Gasteiger partial charge in [0.15, 0.2) is 0 Å². The third-order valence-electron chi connectivity index (χ3n) is 3.35. The van der Waals surface area contributed by atoms with Crippen LogP contribution in [0.2, 0.25) is 0 Å². The van der Waals surface area contributed by atoms with E-state index in [9.17, 15) is 0 Å². The Labute approximate surface area is 122 Å². The highest BCUT2D eigenvalue weighted by Gasteiger charge is 2.14. The van der Waals surface area contributed by atoms with E-state index in [2.05, 4.69) is 57.1 Å². The zero-order valence-corrected chi connectivity index (χ0v) is 14.1. The highest BCUT2D eigenvalue weighted by atomic mass is 32.1. The summed E-state index contributed by atoms with van der Waals surface area (Å²) in [6.45, 7) is 16.2. The van der Waals surface area contributed by atoms with E-state index in [1.54, 1.807) is 11.3 Å². The third-order valence-corrected chi connectivity index (χ3v) is 4.25. The van der Waals surface area contributed by atoms with Crippen LogP contribution in [0.15, 0.2) is 5.38 Å². The minimum Gasteiger partial charge on any atom is -0.306 e. The smallest absolute Gasteiger partial charge is 0.107 e. The zero-order valence-electron chi connectivity index (χ0n) is 13.3. The van der Waals surface area contributed by atoms with Crippen LogP contribution < -0.4 is 5.32 Å². The maximum atomic E-state index is 4.73. The first-order chi connectivity index (χ1) is 8.85. The fourth-order valence-electron chi connectivity index (χ4n) is 1.89. The molecule has 1 heterocycles. The minimum absolute atomic E-state index is 0.151. The molecule has 1 aromatic rings. The summed E-state index contributed by atoms with van der Waals surface area (Å²) < 4.78 is 0. The average molecular weight is 283 g/mol. The Kier molecular flexibility index (Phi) is 6.43. The molecule has 0 radical (unpaired) electrons. The molecular formula is C15H29N3S. The molecule has 0 fully saturated rings. The van der Waals surface area contributed by atoms with E-state index in [1.807, 2.05) is 0 Å². The van der Waals surface area contributed by atoms with Gasteiger partial charge in [-0.2, -0.15) is 0 Å². The van der Waals surface area contributed by atoms with Gasteiger partial charge < -0.3 is 5.32 Å². The van der Waals surface area contributed by atoms with Gasteiger partial charge in [-0.3, -0.25) is 4.90 Å². The molecule has 3 nitrogen and oxygen atoms in total. The van der Waals surface area contributed by atoms with Crippen LogP contribution in [0.3, 0.4) is 0 Å². The molecule has 0 aliphatic rings. The summed E-state index contributed by atoms with van der Waals surface area (Å²) in [7, 11) is 0. The third kappa shape index (κ3) is 6.02.